The number of nitrogens with one attached hydrogen (secondary N) is 1. The fourth-order valence-corrected chi connectivity index (χ4v) is 2.45. The molecule has 0 aliphatic heterocycles. The number of carbonyl (C=O) groups excluding carboxylic acids is 1. The maximum Gasteiger partial charge on any atom is 0.255 e. The minimum atomic E-state index is -0.181. The fraction of sp³-hybridized carbons (Fsp3) is 0.235. The van der Waals surface area contributed by atoms with E-state index in [0.29, 0.717) is 17.0 Å². The molecule has 0 bridgehead atoms. The highest BCUT2D eigenvalue weighted by molar-refractivity contribution is 6.31. The van der Waals surface area contributed by atoms with Gasteiger partial charge in [-0.3, -0.25) is 4.79 Å². The normalized spacial score (nSPS) is 10.4. The third-order valence-electron chi connectivity index (χ3n) is 3.11. The van der Waals surface area contributed by atoms with E-state index in [1.165, 1.54) is 0 Å². The van der Waals surface area contributed by atoms with Crippen LogP contribution in [0.2, 0.25) is 5.02 Å². The van der Waals surface area contributed by atoms with Crippen LogP contribution < -0.4 is 5.32 Å². The number of rotatable bonds is 5. The lowest BCUT2D eigenvalue weighted by Gasteiger charge is -2.08. The Labute approximate surface area is 129 Å². The van der Waals surface area contributed by atoms with Crippen molar-refractivity contribution in [3.8, 4) is 0 Å². The molecule has 21 heavy (non-hydrogen) atoms. The van der Waals surface area contributed by atoms with Crippen molar-refractivity contribution in [2.45, 2.75) is 19.8 Å². The Kier molecular flexibility index (Phi) is 5.37. The van der Waals surface area contributed by atoms with Crippen molar-refractivity contribution >= 4 is 23.2 Å². The van der Waals surface area contributed by atoms with Gasteiger partial charge in [0.25, 0.3) is 5.91 Å². The van der Waals surface area contributed by atoms with Gasteiger partial charge >= 0.3 is 0 Å². The molecule has 0 saturated heterocycles. The van der Waals surface area contributed by atoms with Gasteiger partial charge in [0.15, 0.2) is 0 Å². The highest BCUT2D eigenvalue weighted by Crippen LogP contribution is 2.17. The maximum absolute atomic E-state index is 12.2. The lowest BCUT2D eigenvalue weighted by Crippen LogP contribution is -2.12. The van der Waals surface area contributed by atoms with E-state index >= 15 is 0 Å². The summed E-state index contributed by atoms with van der Waals surface area (Å²) in [5.41, 5.74) is 3.32. The van der Waals surface area contributed by atoms with Crippen molar-refractivity contribution in [3.63, 3.8) is 0 Å². The van der Waals surface area contributed by atoms with Gasteiger partial charge < -0.3 is 10.4 Å². The summed E-state index contributed by atoms with van der Waals surface area (Å²) in [5, 5.41) is 12.3. The number of anilines is 1. The van der Waals surface area contributed by atoms with Crippen LogP contribution in [0.5, 0.6) is 0 Å². The molecule has 0 atom stereocenters. The van der Waals surface area contributed by atoms with Gasteiger partial charge in [-0.05, 0) is 61.2 Å². The van der Waals surface area contributed by atoms with Gasteiger partial charge in [0.2, 0.25) is 0 Å². The third kappa shape index (κ3) is 4.59. The van der Waals surface area contributed by atoms with E-state index in [-0.39, 0.29) is 12.5 Å². The molecule has 0 heterocycles. The molecular formula is C17H18ClNO2. The second kappa shape index (κ2) is 7.25. The summed E-state index contributed by atoms with van der Waals surface area (Å²) in [7, 11) is 0. The Morgan fingerprint density at radius 1 is 1.24 bits per heavy atom. The molecule has 3 nitrogen and oxygen atoms in total. The summed E-state index contributed by atoms with van der Waals surface area (Å²) < 4.78 is 0. The first-order valence-corrected chi connectivity index (χ1v) is 7.24. The van der Waals surface area contributed by atoms with Crippen LogP contribution in [0.15, 0.2) is 42.5 Å². The number of carbonyl (C=O) groups is 1. The van der Waals surface area contributed by atoms with Crippen molar-refractivity contribution in [1.82, 2.24) is 0 Å². The minimum Gasteiger partial charge on any atom is -0.396 e. The number of aliphatic hydroxyl groups is 1. The minimum absolute atomic E-state index is 0.165. The smallest absolute Gasteiger partial charge is 0.255 e. The van der Waals surface area contributed by atoms with E-state index in [2.05, 4.69) is 5.32 Å². The zero-order chi connectivity index (χ0) is 15.2. The summed E-state index contributed by atoms with van der Waals surface area (Å²) in [5.74, 6) is -0.181. The van der Waals surface area contributed by atoms with Crippen LogP contribution >= 0.6 is 11.6 Å². The second-order valence-corrected chi connectivity index (χ2v) is 5.44. The number of aliphatic hydroxyl groups excluding tert-OH is 1. The molecule has 0 unspecified atom stereocenters. The first kappa shape index (κ1) is 15.5. The predicted octanol–water partition coefficient (Wildman–Crippen LogP) is 3.83. The average molecular weight is 304 g/mol. The summed E-state index contributed by atoms with van der Waals surface area (Å²) >= 11 is 5.98. The Balaban J connectivity index is 2.11. The molecule has 2 aromatic carbocycles. The Hall–Kier alpha value is -1.84. The second-order valence-electron chi connectivity index (χ2n) is 5.00. The van der Waals surface area contributed by atoms with Crippen LogP contribution in [-0.4, -0.2) is 17.6 Å². The first-order valence-electron chi connectivity index (χ1n) is 6.87. The fourth-order valence-electron chi connectivity index (χ4n) is 2.16. The molecule has 0 spiro atoms. The van der Waals surface area contributed by atoms with E-state index in [4.69, 9.17) is 16.7 Å². The maximum atomic E-state index is 12.2. The largest absolute Gasteiger partial charge is 0.396 e. The van der Waals surface area contributed by atoms with Gasteiger partial charge in [0.05, 0.1) is 0 Å². The quantitative estimate of drug-likeness (QED) is 0.882. The molecule has 4 heteroatoms. The predicted molar refractivity (Wildman–Crippen MR) is 86.0 cm³/mol. The molecule has 0 aromatic heterocycles. The van der Waals surface area contributed by atoms with Gasteiger partial charge in [0, 0.05) is 22.9 Å². The van der Waals surface area contributed by atoms with Crippen LogP contribution in [0.3, 0.4) is 0 Å². The highest BCUT2D eigenvalue weighted by Gasteiger charge is 2.08. The molecule has 2 N–H and O–H groups in total. The molecule has 0 aliphatic rings. The molecule has 110 valence electrons. The van der Waals surface area contributed by atoms with Crippen molar-refractivity contribution in [1.29, 1.82) is 0 Å². The molecule has 0 aliphatic carbocycles. The summed E-state index contributed by atoms with van der Waals surface area (Å²) in [6.07, 6.45) is 1.50. The van der Waals surface area contributed by atoms with Crippen molar-refractivity contribution in [2.24, 2.45) is 0 Å². The summed E-state index contributed by atoms with van der Waals surface area (Å²) in [6.45, 7) is 2.07. The van der Waals surface area contributed by atoms with E-state index in [1.54, 1.807) is 12.1 Å². The lowest BCUT2D eigenvalue weighted by atomic mass is 10.1. The van der Waals surface area contributed by atoms with Gasteiger partial charge in [0.1, 0.15) is 0 Å². The van der Waals surface area contributed by atoms with Crippen molar-refractivity contribution in [2.75, 3.05) is 11.9 Å². The number of aryl methyl sites for hydroxylation is 2. The molecule has 0 fully saturated rings. The van der Waals surface area contributed by atoms with Crippen LogP contribution in [0, 0.1) is 6.92 Å². The topological polar surface area (TPSA) is 49.3 Å². The number of hydrogen-bond acceptors (Lipinski definition) is 2. The van der Waals surface area contributed by atoms with Gasteiger partial charge in [-0.2, -0.15) is 0 Å². The molecule has 2 rings (SSSR count). The molecule has 2 aromatic rings. The molecular weight excluding hydrogens is 286 g/mol. The summed E-state index contributed by atoms with van der Waals surface area (Å²) in [6, 6.07) is 12.9. The number of benzene rings is 2. The first-order chi connectivity index (χ1) is 10.1. The van der Waals surface area contributed by atoms with E-state index in [9.17, 15) is 4.79 Å². The van der Waals surface area contributed by atoms with Crippen LogP contribution in [-0.2, 0) is 6.42 Å². The zero-order valence-corrected chi connectivity index (χ0v) is 12.7. The molecule has 0 radical (unpaired) electrons. The van der Waals surface area contributed by atoms with Gasteiger partial charge in [-0.15, -0.1) is 0 Å². The monoisotopic (exact) mass is 303 g/mol. The Bertz CT molecular complexity index is 620. The number of amides is 1. The average Bonchev–Trinajstić information content (AvgIpc) is 2.44. The van der Waals surface area contributed by atoms with Gasteiger partial charge in [-0.25, -0.2) is 0 Å². The standard InChI is InChI=1S/C17H18ClNO2/c1-12-8-14(11-15(18)9-12)17(21)19-16-6-2-4-13(10-16)5-3-7-20/h2,4,6,8-11,20H,3,5,7H2,1H3,(H,19,21). The van der Waals surface area contributed by atoms with E-state index in [1.807, 2.05) is 37.3 Å². The SMILES string of the molecule is Cc1cc(Cl)cc(C(=O)Nc2cccc(CCCO)c2)c1. The Morgan fingerprint density at radius 2 is 2.05 bits per heavy atom. The number of halogens is 1. The zero-order valence-electron chi connectivity index (χ0n) is 11.9. The van der Waals surface area contributed by atoms with Crippen LogP contribution in [0.1, 0.15) is 27.9 Å². The third-order valence-corrected chi connectivity index (χ3v) is 3.33. The van der Waals surface area contributed by atoms with E-state index in [0.717, 1.165) is 23.2 Å². The van der Waals surface area contributed by atoms with Gasteiger partial charge in [-0.1, -0.05) is 23.7 Å². The number of hydrogen-bond donors (Lipinski definition) is 2. The molecule has 1 amide bonds. The molecule has 0 saturated carbocycles. The lowest BCUT2D eigenvalue weighted by molar-refractivity contribution is 0.102. The van der Waals surface area contributed by atoms with E-state index < -0.39 is 0 Å². The van der Waals surface area contributed by atoms with Crippen LogP contribution in [0.4, 0.5) is 5.69 Å². The van der Waals surface area contributed by atoms with Crippen molar-refractivity contribution in [3.05, 3.63) is 64.2 Å². The highest BCUT2D eigenvalue weighted by atomic mass is 35.5. The van der Waals surface area contributed by atoms with Crippen molar-refractivity contribution < 1.29 is 9.90 Å². The van der Waals surface area contributed by atoms with Crippen LogP contribution in [0.25, 0.3) is 0 Å². The summed E-state index contributed by atoms with van der Waals surface area (Å²) in [4.78, 5) is 12.2. The Morgan fingerprint density at radius 3 is 2.76 bits per heavy atom.